The fourth-order valence-corrected chi connectivity index (χ4v) is 20.6. The summed E-state index contributed by atoms with van der Waals surface area (Å²) in [6.45, 7) is 19.2. The second-order valence-electron chi connectivity index (χ2n) is 36.1. The van der Waals surface area contributed by atoms with Gasteiger partial charge < -0.3 is 49.3 Å². The highest BCUT2D eigenvalue weighted by Crippen LogP contribution is 2.47. The van der Waals surface area contributed by atoms with E-state index in [1.54, 1.807) is 48.8 Å². The van der Waals surface area contributed by atoms with Crippen molar-refractivity contribution in [1.29, 1.82) is 0 Å². The van der Waals surface area contributed by atoms with Crippen LogP contribution in [0.1, 0.15) is 148 Å². The Balaban J connectivity index is 0.000000190. The molecule has 2 atom stereocenters. The first-order valence-electron chi connectivity index (χ1n) is 43.7. The van der Waals surface area contributed by atoms with Gasteiger partial charge in [-0.3, -0.25) is 49.2 Å². The van der Waals surface area contributed by atoms with Crippen LogP contribution in [-0.4, -0.2) is 172 Å². The Bertz CT molecular complexity index is 6280. The molecule has 129 heavy (non-hydrogen) atoms. The summed E-state index contributed by atoms with van der Waals surface area (Å²) in [5, 5.41) is 33.2. The zero-order valence-electron chi connectivity index (χ0n) is 72.5. The van der Waals surface area contributed by atoms with E-state index in [1.165, 1.54) is 77.0 Å². The van der Waals surface area contributed by atoms with E-state index < -0.39 is 62.9 Å². The molecule has 3 aliphatic carbocycles. The first kappa shape index (κ1) is 90.4. The van der Waals surface area contributed by atoms with Crippen LogP contribution in [0.25, 0.3) is 33.2 Å². The summed E-state index contributed by atoms with van der Waals surface area (Å²) in [5.41, 5.74) is 10.9. The number of nitrogens with zero attached hydrogens (tertiary/aromatic N) is 8. The average molecular weight is 1830 g/mol. The number of nitro groups is 2. The normalized spacial score (nSPS) is 18.5. The smallest absolute Gasteiger partial charge is 0.277 e. The van der Waals surface area contributed by atoms with Crippen LogP contribution in [0.4, 0.5) is 22.7 Å². The van der Waals surface area contributed by atoms with Crippen molar-refractivity contribution in [2.45, 2.75) is 128 Å². The molecule has 2 saturated heterocycles. The molecule has 4 aliphatic heterocycles. The minimum absolute atomic E-state index is 0.0191. The molecule has 7 aliphatic rings. The monoisotopic (exact) mass is 1830 g/mol. The summed E-state index contributed by atoms with van der Waals surface area (Å²) in [4.78, 5) is 98.8. The van der Waals surface area contributed by atoms with Gasteiger partial charge in [0.2, 0.25) is 11.8 Å². The summed E-state index contributed by atoms with van der Waals surface area (Å²) >= 11 is 12.5. The molecule has 6 N–H and O–H groups in total. The summed E-state index contributed by atoms with van der Waals surface area (Å²) in [6, 6.07) is 37.8. The van der Waals surface area contributed by atoms with E-state index in [0.29, 0.717) is 49.0 Å². The third-order valence-corrected chi connectivity index (χ3v) is 28.7. The molecule has 34 heteroatoms. The molecule has 10 aromatic rings. The minimum Gasteiger partial charge on any atom is -0.493 e. The summed E-state index contributed by atoms with van der Waals surface area (Å²) in [7, 11) is -9.33. The van der Waals surface area contributed by atoms with Crippen LogP contribution in [0.2, 0.25) is 10.0 Å². The fraction of sp³-hybridized carbons (Fsp3) is 0.389. The van der Waals surface area contributed by atoms with Crippen LogP contribution >= 0.6 is 23.2 Å². The third-order valence-electron chi connectivity index (χ3n) is 25.6. The van der Waals surface area contributed by atoms with Crippen LogP contribution in [0.15, 0.2) is 179 Å². The maximum absolute atomic E-state index is 14.1. The first-order valence-corrected chi connectivity index (χ1v) is 47.4. The fourth-order valence-electron chi connectivity index (χ4n) is 18.4. The third kappa shape index (κ3) is 21.7. The number of aromatic nitrogens is 4. The number of ether oxygens (including phenoxy) is 4. The van der Waals surface area contributed by atoms with Gasteiger partial charge in [-0.05, 0) is 170 Å². The predicted octanol–water partition coefficient (Wildman–Crippen LogP) is 16.6. The topological polar surface area (TPSA) is 378 Å². The van der Waals surface area contributed by atoms with E-state index in [-0.39, 0.29) is 125 Å². The van der Waals surface area contributed by atoms with Gasteiger partial charge in [0.05, 0.1) is 67.5 Å². The molecule has 0 spiro atoms. The Hall–Kier alpha value is -11.9. The van der Waals surface area contributed by atoms with Gasteiger partial charge in [0.1, 0.15) is 45.8 Å². The number of halogens is 2. The van der Waals surface area contributed by atoms with Crippen molar-refractivity contribution in [3.05, 3.63) is 233 Å². The molecule has 4 aromatic heterocycles. The van der Waals surface area contributed by atoms with Gasteiger partial charge in [-0.2, -0.15) is 0 Å². The summed E-state index contributed by atoms with van der Waals surface area (Å²) in [6.07, 6.45) is 18.1. The van der Waals surface area contributed by atoms with Gasteiger partial charge in [0.15, 0.2) is 0 Å². The number of nitro benzene ring substituents is 2. The number of pyridine rings is 2. The summed E-state index contributed by atoms with van der Waals surface area (Å²) < 4.78 is 84.1. The zero-order chi connectivity index (χ0) is 90.6. The number of hydrogen-bond acceptors (Lipinski definition) is 22. The lowest BCUT2D eigenvalue weighted by atomic mass is 9.72. The molecule has 6 aromatic carbocycles. The van der Waals surface area contributed by atoms with Crippen LogP contribution in [0, 0.1) is 48.8 Å². The number of amides is 4. The van der Waals surface area contributed by atoms with Crippen molar-refractivity contribution in [1.82, 2.24) is 49.8 Å². The molecule has 0 unspecified atom stereocenters. The average Bonchev–Trinajstić information content (AvgIpc) is 1.25. The highest BCUT2D eigenvalue weighted by atomic mass is 35.5. The number of sulfonamides is 2. The molecule has 1 saturated carbocycles. The Morgan fingerprint density at radius 1 is 0.543 bits per heavy atom. The van der Waals surface area contributed by atoms with Crippen LogP contribution in [-0.2, 0) is 42.5 Å². The molecule has 8 heterocycles. The number of H-pyrrole nitrogens is 2. The van der Waals surface area contributed by atoms with Gasteiger partial charge in [-0.1, -0.05) is 106 Å². The van der Waals surface area contributed by atoms with Crippen LogP contribution < -0.4 is 48.8 Å². The quantitative estimate of drug-likeness (QED) is 0.0229. The Labute approximate surface area is 758 Å². The number of aromatic amines is 2. The number of allylic oxidation sites excluding steroid dienone is 2. The number of nitrogens with one attached hydrogen (secondary N) is 6. The van der Waals surface area contributed by atoms with Crippen molar-refractivity contribution >= 4 is 123 Å². The van der Waals surface area contributed by atoms with Gasteiger partial charge in [0.25, 0.3) is 43.2 Å². The van der Waals surface area contributed by atoms with E-state index in [9.17, 15) is 56.2 Å². The highest BCUT2D eigenvalue weighted by Gasteiger charge is 2.38. The molecule has 4 amide bonds. The summed E-state index contributed by atoms with van der Waals surface area (Å²) in [5.74, 6) is -1.86. The van der Waals surface area contributed by atoms with Crippen molar-refractivity contribution in [2.24, 2.45) is 28.6 Å². The Morgan fingerprint density at radius 3 is 1.37 bits per heavy atom. The molecule has 0 radical (unpaired) electrons. The van der Waals surface area contributed by atoms with Crippen molar-refractivity contribution in [2.75, 3.05) is 102 Å². The first-order chi connectivity index (χ1) is 61.8. The number of fused-ring (bicyclic) bond motifs is 4. The van der Waals surface area contributed by atoms with E-state index in [4.69, 9.17) is 42.1 Å². The largest absolute Gasteiger partial charge is 0.493 e. The lowest BCUT2D eigenvalue weighted by Crippen LogP contribution is -2.47. The van der Waals surface area contributed by atoms with E-state index >= 15 is 0 Å². The van der Waals surface area contributed by atoms with Crippen molar-refractivity contribution in [3.8, 4) is 34.5 Å². The molecule has 0 bridgehead atoms. The minimum atomic E-state index is -4.67. The van der Waals surface area contributed by atoms with Gasteiger partial charge in [-0.25, -0.2) is 36.2 Å². The lowest BCUT2D eigenvalue weighted by Gasteiger charge is -2.39. The van der Waals surface area contributed by atoms with E-state index in [1.807, 2.05) is 36.4 Å². The van der Waals surface area contributed by atoms with Gasteiger partial charge in [-0.15, -0.1) is 0 Å². The molecular weight excluding hydrogens is 1730 g/mol. The number of hydrogen-bond donors (Lipinski definition) is 6. The molecular formula is C95H104Cl2N14O16S2. The van der Waals surface area contributed by atoms with E-state index in [0.717, 1.165) is 154 Å². The maximum atomic E-state index is 14.1. The van der Waals surface area contributed by atoms with Gasteiger partial charge in [0, 0.05) is 184 Å². The molecule has 676 valence electrons. The van der Waals surface area contributed by atoms with Crippen LogP contribution in [0.5, 0.6) is 34.5 Å². The second-order valence-corrected chi connectivity index (χ2v) is 40.4. The van der Waals surface area contributed by atoms with Crippen molar-refractivity contribution < 1.29 is 64.8 Å². The Kier molecular flexibility index (Phi) is 26.9. The molecule has 3 fully saturated rings. The molecule has 30 nitrogen and oxygen atoms in total. The van der Waals surface area contributed by atoms with E-state index in [2.05, 4.69) is 112 Å². The maximum Gasteiger partial charge on any atom is 0.277 e. The number of carbonyl (C=O) groups is 4. The highest BCUT2D eigenvalue weighted by molar-refractivity contribution is 7.90. The molecule has 17 rings (SSSR count). The standard InChI is InChI=1S/C50H56ClN7O8S.C45H48ClN7O8S/c1-50(2)16-14-36(43(27-50)33-8-10-37(51)11-9-33)30-56-18-20-57(21-19-56)38-12-13-41(46(24-38)66-39-23-35-15-17-52-47(35)53-29-39)49(60)55-67(63,64)40-25-44(58(61)62)42-22-32(31-65-45(42)26-40)28-54-48(59)34-6-4-3-5-7-34;1-28(54)48-24-29-18-38-40(53(56)57)21-36(22-41(38)60-27-29)62(58,59)50-44(55)37-9-8-34(20-42(37)61-35-19-31-11-13-47-43(31)49-25-35)52-16-14-51(15-17-52)26-32-10-12-45(2,3)23-39(32)30-4-6-33(46)7-5-30/h8-13,15,17,23-26,29,32,34H,3-7,14,16,18-22,27-28,30-31H2,1-2H3,(H,52,53)(H,54,59)(H,55,60);4-9,11,13,19-22,25,29H,10,12,14-18,23-24,26-27H2,1-3H3,(H,47,49)(H,48,54)(H,50,55)/t32-;29-/m00/s1. The van der Waals surface area contributed by atoms with Crippen molar-refractivity contribution in [3.63, 3.8) is 0 Å². The number of piperazine rings is 2. The van der Waals surface area contributed by atoms with Crippen LogP contribution in [0.3, 0.4) is 0 Å². The number of benzene rings is 6. The van der Waals surface area contributed by atoms with Gasteiger partial charge >= 0.3 is 0 Å². The lowest BCUT2D eigenvalue weighted by molar-refractivity contribution is -0.386. The number of anilines is 2. The predicted molar refractivity (Wildman–Crippen MR) is 494 cm³/mol. The zero-order valence-corrected chi connectivity index (χ0v) is 75.7. The SMILES string of the molecule is CC(=O)NC[C@H]1COc2cc(S(=O)(=O)NC(=O)c3ccc(N4CCN(CC5=C(c6ccc(Cl)cc6)CC(C)(C)CC5)CC4)cc3Oc3cnc4[nH]ccc4c3)cc([N+](=O)[O-])c2C1.CC1(C)CCC(CN2CCN(c3ccc(C(=O)NS(=O)(=O)c4cc5c(c([N+](=O)[O-])c4)C[C@@H](CNC(=O)C4CCCCC4)CO5)c(Oc4cnc5[nH]ccc5c4)c3)CC2)=C(c2ccc(Cl)cc2)C1. The second kappa shape index (κ2) is 38.4. The number of carbonyl (C=O) groups excluding carboxylic acids is 4. The Morgan fingerprint density at radius 2 is 0.961 bits per heavy atom. The number of rotatable bonds is 25.